The molecule has 0 aliphatic heterocycles. The first kappa shape index (κ1) is 19.5. The van der Waals surface area contributed by atoms with Crippen molar-refractivity contribution in [3.63, 3.8) is 0 Å². The van der Waals surface area contributed by atoms with E-state index in [0.29, 0.717) is 12.2 Å². The lowest BCUT2D eigenvalue weighted by Gasteiger charge is -2.24. The molecule has 1 aliphatic rings. The smallest absolute Gasteiger partial charge is 0.313 e. The molecule has 0 atom stereocenters. The molecule has 1 saturated carbocycles. The lowest BCUT2D eigenvalue weighted by molar-refractivity contribution is -0.141. The van der Waals surface area contributed by atoms with E-state index < -0.39 is 5.97 Å². The van der Waals surface area contributed by atoms with Gasteiger partial charge in [-0.25, -0.2) is 0 Å². The van der Waals surface area contributed by atoms with Gasteiger partial charge in [-0.15, -0.1) is 0 Å². The second-order valence-corrected chi connectivity index (χ2v) is 6.91. The summed E-state index contributed by atoms with van der Waals surface area (Å²) >= 11 is 0. The van der Waals surface area contributed by atoms with Crippen LogP contribution >= 0.6 is 0 Å². The number of ketones is 1. The molecule has 0 heterocycles. The van der Waals surface area contributed by atoms with Crippen LogP contribution in [-0.4, -0.2) is 24.9 Å². The summed E-state index contributed by atoms with van der Waals surface area (Å²) in [5, 5.41) is 3.39. The Morgan fingerprint density at radius 2 is 1.80 bits per heavy atom. The summed E-state index contributed by atoms with van der Waals surface area (Å²) in [5.74, 6) is 0.367. The first-order valence-corrected chi connectivity index (χ1v) is 9.71. The fourth-order valence-electron chi connectivity index (χ4n) is 3.14. The minimum absolute atomic E-state index is 0.193. The summed E-state index contributed by atoms with van der Waals surface area (Å²) in [6, 6.07) is 7.33. The van der Waals surface area contributed by atoms with Crippen molar-refractivity contribution in [1.29, 1.82) is 0 Å². The maximum absolute atomic E-state index is 12.0. The maximum Gasteiger partial charge on any atom is 0.313 e. The van der Waals surface area contributed by atoms with Crippen LogP contribution in [0.5, 0.6) is 0 Å². The van der Waals surface area contributed by atoms with Crippen molar-refractivity contribution in [3.8, 4) is 0 Å². The SMILES string of the molecule is CCOC(=O)CC(=O)c1ccc(NCCCCCCC2CCC2)cc1. The Balaban J connectivity index is 1.57. The Morgan fingerprint density at radius 1 is 1.08 bits per heavy atom. The van der Waals surface area contributed by atoms with Crippen molar-refractivity contribution < 1.29 is 14.3 Å². The van der Waals surface area contributed by atoms with Crippen molar-refractivity contribution >= 4 is 17.4 Å². The van der Waals surface area contributed by atoms with E-state index in [4.69, 9.17) is 4.74 Å². The van der Waals surface area contributed by atoms with Crippen molar-refractivity contribution in [1.82, 2.24) is 0 Å². The number of carbonyl (C=O) groups is 2. The Kier molecular flexibility index (Phi) is 8.50. The van der Waals surface area contributed by atoms with Crippen LogP contribution in [0.25, 0.3) is 0 Å². The van der Waals surface area contributed by atoms with E-state index in [0.717, 1.165) is 18.2 Å². The molecule has 138 valence electrons. The zero-order chi connectivity index (χ0) is 17.9. The second-order valence-electron chi connectivity index (χ2n) is 6.91. The normalized spacial score (nSPS) is 14.0. The number of benzene rings is 1. The highest BCUT2D eigenvalue weighted by atomic mass is 16.5. The van der Waals surface area contributed by atoms with Crippen LogP contribution in [0.15, 0.2) is 24.3 Å². The Bertz CT molecular complexity index is 535. The van der Waals surface area contributed by atoms with Crippen molar-refractivity contribution in [2.24, 2.45) is 5.92 Å². The zero-order valence-electron chi connectivity index (χ0n) is 15.4. The molecule has 0 unspecified atom stereocenters. The lowest BCUT2D eigenvalue weighted by Crippen LogP contribution is -2.11. The molecular weight excluding hydrogens is 314 g/mol. The summed E-state index contributed by atoms with van der Waals surface area (Å²) in [5.41, 5.74) is 1.57. The molecule has 0 bridgehead atoms. The topological polar surface area (TPSA) is 55.4 Å². The number of hydrogen-bond acceptors (Lipinski definition) is 4. The average Bonchev–Trinajstić information content (AvgIpc) is 2.56. The highest BCUT2D eigenvalue weighted by Gasteiger charge is 2.16. The molecule has 1 fully saturated rings. The van der Waals surface area contributed by atoms with Gasteiger partial charge in [0.05, 0.1) is 6.61 Å². The van der Waals surface area contributed by atoms with Crippen LogP contribution < -0.4 is 5.32 Å². The molecule has 0 aromatic heterocycles. The van der Waals surface area contributed by atoms with Gasteiger partial charge in [0.1, 0.15) is 6.42 Å². The number of esters is 1. The molecule has 1 aromatic rings. The first-order chi connectivity index (χ1) is 12.2. The molecule has 0 spiro atoms. The molecule has 25 heavy (non-hydrogen) atoms. The summed E-state index contributed by atoms with van der Waals surface area (Å²) in [6.45, 7) is 2.99. The van der Waals surface area contributed by atoms with Gasteiger partial charge < -0.3 is 10.1 Å². The highest BCUT2D eigenvalue weighted by molar-refractivity contribution is 6.06. The van der Waals surface area contributed by atoms with Crippen molar-refractivity contribution in [3.05, 3.63) is 29.8 Å². The number of carbonyl (C=O) groups excluding carboxylic acids is 2. The Hall–Kier alpha value is -1.84. The van der Waals surface area contributed by atoms with Gasteiger partial charge >= 0.3 is 5.97 Å². The van der Waals surface area contributed by atoms with Crippen LogP contribution in [0.2, 0.25) is 0 Å². The number of anilines is 1. The highest BCUT2D eigenvalue weighted by Crippen LogP contribution is 2.31. The summed E-state index contributed by atoms with van der Waals surface area (Å²) in [4.78, 5) is 23.3. The van der Waals surface area contributed by atoms with Gasteiger partial charge in [-0.05, 0) is 43.5 Å². The minimum Gasteiger partial charge on any atom is -0.466 e. The third-order valence-corrected chi connectivity index (χ3v) is 4.91. The van der Waals surface area contributed by atoms with Crippen LogP contribution in [0, 0.1) is 5.92 Å². The summed E-state index contributed by atoms with van der Waals surface area (Å²) in [6.07, 6.45) is 10.8. The fraction of sp³-hybridized carbons (Fsp3) is 0.619. The van der Waals surface area contributed by atoms with Gasteiger partial charge in [-0.1, -0.05) is 44.9 Å². The molecule has 1 aromatic carbocycles. The number of Topliss-reactive ketones (excluding diaryl/α,β-unsaturated/α-hetero) is 1. The molecule has 0 amide bonds. The van der Waals surface area contributed by atoms with E-state index >= 15 is 0 Å². The van der Waals surface area contributed by atoms with Crippen LogP contribution in [0.4, 0.5) is 5.69 Å². The van der Waals surface area contributed by atoms with E-state index in [-0.39, 0.29) is 12.2 Å². The zero-order valence-corrected chi connectivity index (χ0v) is 15.4. The Labute approximate surface area is 151 Å². The number of unbranched alkanes of at least 4 members (excludes halogenated alkanes) is 3. The van der Waals surface area contributed by atoms with Gasteiger partial charge in [0.15, 0.2) is 5.78 Å². The first-order valence-electron chi connectivity index (χ1n) is 9.71. The van der Waals surface area contributed by atoms with E-state index in [1.165, 1.54) is 51.4 Å². The van der Waals surface area contributed by atoms with Crippen LogP contribution in [-0.2, 0) is 9.53 Å². The monoisotopic (exact) mass is 345 g/mol. The minimum atomic E-state index is -0.466. The summed E-state index contributed by atoms with van der Waals surface area (Å²) < 4.78 is 4.80. The number of hydrogen-bond donors (Lipinski definition) is 1. The van der Waals surface area contributed by atoms with E-state index in [2.05, 4.69) is 5.32 Å². The molecule has 4 heteroatoms. The number of nitrogens with one attached hydrogen (secondary N) is 1. The second kappa shape index (κ2) is 10.9. The van der Waals surface area contributed by atoms with Crippen LogP contribution in [0.1, 0.15) is 75.1 Å². The maximum atomic E-state index is 12.0. The largest absolute Gasteiger partial charge is 0.466 e. The lowest BCUT2D eigenvalue weighted by atomic mass is 9.82. The molecule has 2 rings (SSSR count). The van der Waals surface area contributed by atoms with Crippen molar-refractivity contribution in [2.45, 2.75) is 64.7 Å². The quantitative estimate of drug-likeness (QED) is 0.251. The van der Waals surface area contributed by atoms with E-state index in [1.807, 2.05) is 12.1 Å². The molecule has 0 saturated heterocycles. The van der Waals surface area contributed by atoms with Gasteiger partial charge in [0, 0.05) is 17.8 Å². The predicted molar refractivity (Wildman–Crippen MR) is 101 cm³/mol. The fourth-order valence-corrected chi connectivity index (χ4v) is 3.14. The third-order valence-electron chi connectivity index (χ3n) is 4.91. The van der Waals surface area contributed by atoms with Gasteiger partial charge in [0.25, 0.3) is 0 Å². The molecule has 1 N–H and O–H groups in total. The Morgan fingerprint density at radius 3 is 2.44 bits per heavy atom. The number of rotatable bonds is 12. The third kappa shape index (κ3) is 7.29. The standard InChI is InChI=1S/C21H31NO3/c1-2-25-21(24)16-20(23)18-11-13-19(14-12-18)22-15-6-4-3-5-8-17-9-7-10-17/h11-14,17,22H,2-10,15-16H2,1H3. The molecule has 4 nitrogen and oxygen atoms in total. The van der Waals surface area contributed by atoms with Gasteiger partial charge in [-0.3, -0.25) is 9.59 Å². The average molecular weight is 345 g/mol. The number of ether oxygens (including phenoxy) is 1. The van der Waals surface area contributed by atoms with Gasteiger partial charge in [0.2, 0.25) is 0 Å². The molecular formula is C21H31NO3. The van der Waals surface area contributed by atoms with Crippen molar-refractivity contribution in [2.75, 3.05) is 18.5 Å². The summed E-state index contributed by atoms with van der Waals surface area (Å²) in [7, 11) is 0. The molecule has 1 aliphatic carbocycles. The van der Waals surface area contributed by atoms with E-state index in [1.54, 1.807) is 19.1 Å². The van der Waals surface area contributed by atoms with Gasteiger partial charge in [-0.2, -0.15) is 0 Å². The van der Waals surface area contributed by atoms with E-state index in [9.17, 15) is 9.59 Å². The van der Waals surface area contributed by atoms with Crippen LogP contribution in [0.3, 0.4) is 0 Å². The molecule has 0 radical (unpaired) electrons. The predicted octanol–water partition coefficient (Wildman–Crippen LogP) is 4.99.